The summed E-state index contributed by atoms with van der Waals surface area (Å²) in [7, 11) is 0. The van der Waals surface area contributed by atoms with Gasteiger partial charge in [0.25, 0.3) is 0 Å². The molecule has 1 saturated heterocycles. The summed E-state index contributed by atoms with van der Waals surface area (Å²) < 4.78 is 0. The summed E-state index contributed by atoms with van der Waals surface area (Å²) >= 11 is 0. The van der Waals surface area contributed by atoms with Crippen LogP contribution in [-0.4, -0.2) is 16.7 Å². The van der Waals surface area contributed by atoms with E-state index in [1.807, 2.05) is 42.5 Å². The van der Waals surface area contributed by atoms with Crippen LogP contribution in [0.15, 0.2) is 41.5 Å². The highest BCUT2D eigenvalue weighted by Gasteiger charge is 2.44. The molecule has 3 rings (SSSR count). The Hall–Kier alpha value is -2.92. The summed E-state index contributed by atoms with van der Waals surface area (Å²) in [6, 6.07) is 13.4. The largest absolute Gasteiger partial charge is 0.278 e. The number of allylic oxidation sites excluding steroid dienone is 2. The number of hydrogen-bond donors (Lipinski definition) is 0. The number of amides is 2. The minimum absolute atomic E-state index is 0.117. The van der Waals surface area contributed by atoms with Crippen molar-refractivity contribution in [3.63, 3.8) is 0 Å². The molecule has 1 saturated carbocycles. The van der Waals surface area contributed by atoms with Gasteiger partial charge in [-0.05, 0) is 36.3 Å². The van der Waals surface area contributed by atoms with Gasteiger partial charge in [0.1, 0.15) is 17.7 Å². The lowest BCUT2D eigenvalue weighted by atomic mass is 9.74. The van der Waals surface area contributed by atoms with Crippen molar-refractivity contribution in [2.75, 3.05) is 0 Å². The summed E-state index contributed by atoms with van der Waals surface area (Å²) in [6.45, 7) is 0.282. The van der Waals surface area contributed by atoms with Gasteiger partial charge < -0.3 is 0 Å². The fraction of sp³-hybridized carbons (Fsp3) is 0.400. The number of likely N-dealkylation sites (tertiary alicyclic amines) is 1. The van der Waals surface area contributed by atoms with Crippen molar-refractivity contribution in [3.8, 4) is 12.1 Å². The van der Waals surface area contributed by atoms with Gasteiger partial charge in [0.15, 0.2) is 0 Å². The van der Waals surface area contributed by atoms with Gasteiger partial charge in [-0.25, -0.2) is 0 Å². The highest BCUT2D eigenvalue weighted by molar-refractivity contribution is 6.03. The number of benzene rings is 1. The number of imide groups is 1. The van der Waals surface area contributed by atoms with E-state index in [1.54, 1.807) is 0 Å². The Bertz CT molecular complexity index is 782. The van der Waals surface area contributed by atoms with Crippen LogP contribution in [0.2, 0.25) is 0 Å². The maximum Gasteiger partial charge on any atom is 0.233 e. The molecule has 2 fully saturated rings. The molecule has 1 aromatic carbocycles. The van der Waals surface area contributed by atoms with E-state index in [0.717, 1.165) is 30.4 Å². The Morgan fingerprint density at radius 2 is 1.80 bits per heavy atom. The van der Waals surface area contributed by atoms with Crippen LogP contribution in [0.5, 0.6) is 0 Å². The average Bonchev–Trinajstić information content (AvgIpc) is 2.92. The van der Waals surface area contributed by atoms with Crippen LogP contribution in [0.4, 0.5) is 0 Å². The zero-order valence-corrected chi connectivity index (χ0v) is 13.9. The fourth-order valence-electron chi connectivity index (χ4n) is 3.92. The van der Waals surface area contributed by atoms with Crippen molar-refractivity contribution >= 4 is 11.8 Å². The van der Waals surface area contributed by atoms with E-state index in [9.17, 15) is 20.1 Å². The molecule has 25 heavy (non-hydrogen) atoms. The van der Waals surface area contributed by atoms with Crippen LogP contribution in [0, 0.1) is 34.5 Å². The minimum atomic E-state index is -0.441. The van der Waals surface area contributed by atoms with Gasteiger partial charge in [0, 0.05) is 6.42 Å². The lowest BCUT2D eigenvalue weighted by Gasteiger charge is -2.29. The van der Waals surface area contributed by atoms with E-state index >= 15 is 0 Å². The monoisotopic (exact) mass is 333 g/mol. The zero-order chi connectivity index (χ0) is 17.8. The Balaban J connectivity index is 1.85. The molecule has 5 heteroatoms. The van der Waals surface area contributed by atoms with Gasteiger partial charge in [-0.15, -0.1) is 0 Å². The van der Waals surface area contributed by atoms with E-state index in [2.05, 4.69) is 0 Å². The second-order valence-corrected chi connectivity index (χ2v) is 6.59. The highest BCUT2D eigenvalue weighted by Crippen LogP contribution is 2.41. The third kappa shape index (κ3) is 3.32. The Morgan fingerprint density at radius 1 is 1.08 bits per heavy atom. The average molecular weight is 333 g/mol. The topological polar surface area (TPSA) is 85.0 Å². The van der Waals surface area contributed by atoms with Crippen LogP contribution in [-0.2, 0) is 16.1 Å². The van der Waals surface area contributed by atoms with Gasteiger partial charge in [0.05, 0.1) is 12.5 Å². The quantitative estimate of drug-likeness (QED) is 0.628. The van der Waals surface area contributed by atoms with Crippen molar-refractivity contribution in [3.05, 3.63) is 47.0 Å². The number of nitrogens with zero attached hydrogens (tertiary/aromatic N) is 3. The molecule has 2 amide bonds. The predicted octanol–water partition coefficient (Wildman–Crippen LogP) is 3.10. The molecule has 0 aromatic heterocycles. The van der Waals surface area contributed by atoms with Crippen LogP contribution >= 0.6 is 0 Å². The standard InChI is InChI=1S/C20H19N3O2/c21-11-15(12-22)16-8-4-5-9-17(16)18-10-19(24)23(20(18)25)13-14-6-2-1-3-7-14/h1-3,6-7,17-18H,4-5,8-10,13H2/t17-,18-/m1/s1. The summed E-state index contributed by atoms with van der Waals surface area (Å²) in [6.07, 6.45) is 3.46. The molecular weight excluding hydrogens is 314 g/mol. The highest BCUT2D eigenvalue weighted by atomic mass is 16.2. The van der Waals surface area contributed by atoms with E-state index in [-0.39, 0.29) is 36.3 Å². The lowest BCUT2D eigenvalue weighted by Crippen LogP contribution is -2.33. The molecular formula is C20H19N3O2. The van der Waals surface area contributed by atoms with Gasteiger partial charge in [-0.2, -0.15) is 10.5 Å². The molecule has 1 aliphatic heterocycles. The first-order valence-electron chi connectivity index (χ1n) is 8.57. The van der Waals surface area contributed by atoms with E-state index in [4.69, 9.17) is 0 Å². The van der Waals surface area contributed by atoms with E-state index in [1.165, 1.54) is 4.90 Å². The SMILES string of the molecule is N#CC(C#N)=C1CCCC[C@H]1[C@H]1CC(=O)N(Cc2ccccc2)C1=O. The number of rotatable bonds is 3. The summed E-state index contributed by atoms with van der Waals surface area (Å²) in [4.78, 5) is 26.6. The minimum Gasteiger partial charge on any atom is -0.278 e. The normalized spacial score (nSPS) is 23.3. The predicted molar refractivity (Wildman–Crippen MR) is 90.3 cm³/mol. The second-order valence-electron chi connectivity index (χ2n) is 6.59. The molecule has 5 nitrogen and oxygen atoms in total. The lowest BCUT2D eigenvalue weighted by molar-refractivity contribution is -0.140. The first kappa shape index (κ1) is 16.9. The molecule has 1 aliphatic carbocycles. The Morgan fingerprint density at radius 3 is 2.48 bits per heavy atom. The first-order chi connectivity index (χ1) is 12.2. The maximum atomic E-state index is 12.9. The van der Waals surface area contributed by atoms with Crippen LogP contribution in [0.25, 0.3) is 0 Å². The molecule has 0 bridgehead atoms. The van der Waals surface area contributed by atoms with Crippen molar-refractivity contribution in [1.82, 2.24) is 4.90 Å². The first-order valence-corrected chi connectivity index (χ1v) is 8.57. The van der Waals surface area contributed by atoms with Gasteiger partial charge in [0.2, 0.25) is 11.8 Å². The van der Waals surface area contributed by atoms with Crippen LogP contribution in [0.1, 0.15) is 37.7 Å². The smallest absolute Gasteiger partial charge is 0.233 e. The number of carbonyl (C=O) groups excluding carboxylic acids is 2. The second kappa shape index (κ2) is 7.32. The summed E-state index contributed by atoms with van der Waals surface area (Å²) in [5.74, 6) is -0.948. The number of carbonyl (C=O) groups is 2. The Labute approximate surface area is 147 Å². The third-order valence-corrected chi connectivity index (χ3v) is 5.15. The maximum absolute atomic E-state index is 12.9. The number of nitriles is 2. The molecule has 1 heterocycles. The van der Waals surface area contributed by atoms with E-state index < -0.39 is 5.92 Å². The zero-order valence-electron chi connectivity index (χ0n) is 13.9. The van der Waals surface area contributed by atoms with Gasteiger partial charge in [-0.3, -0.25) is 14.5 Å². The molecule has 0 N–H and O–H groups in total. The Kier molecular flexibility index (Phi) is 4.95. The van der Waals surface area contributed by atoms with Crippen molar-refractivity contribution in [1.29, 1.82) is 10.5 Å². The number of hydrogen-bond acceptors (Lipinski definition) is 4. The van der Waals surface area contributed by atoms with Gasteiger partial charge >= 0.3 is 0 Å². The van der Waals surface area contributed by atoms with E-state index in [0.29, 0.717) is 6.42 Å². The molecule has 2 atom stereocenters. The molecule has 126 valence electrons. The van der Waals surface area contributed by atoms with Crippen molar-refractivity contribution < 1.29 is 9.59 Å². The molecule has 0 spiro atoms. The molecule has 2 aliphatic rings. The van der Waals surface area contributed by atoms with Crippen LogP contribution in [0.3, 0.4) is 0 Å². The molecule has 0 unspecified atom stereocenters. The van der Waals surface area contributed by atoms with Crippen molar-refractivity contribution in [2.45, 2.75) is 38.6 Å². The van der Waals surface area contributed by atoms with Crippen LogP contribution < -0.4 is 0 Å². The van der Waals surface area contributed by atoms with Gasteiger partial charge in [-0.1, -0.05) is 36.8 Å². The van der Waals surface area contributed by atoms with Crippen molar-refractivity contribution in [2.24, 2.45) is 11.8 Å². The molecule has 0 radical (unpaired) electrons. The fourth-order valence-corrected chi connectivity index (χ4v) is 3.92. The summed E-state index contributed by atoms with van der Waals surface area (Å²) in [5, 5.41) is 18.4. The third-order valence-electron chi connectivity index (χ3n) is 5.15. The molecule has 1 aromatic rings. The summed E-state index contributed by atoms with van der Waals surface area (Å²) in [5.41, 5.74) is 1.80.